The van der Waals surface area contributed by atoms with Gasteiger partial charge in [0.1, 0.15) is 0 Å². The average molecular weight is 255 g/mol. The molecule has 0 atom stereocenters. The number of benzene rings is 1. The molecule has 2 rings (SSSR count). The maximum Gasteiger partial charge on any atom is 0.337 e. The standard InChI is InChI=1S/C11H11BrO2/c1-14-11(13)8-4-5-9(7-2-3-7)10(12)6-8/h4-7H,2-3H2,1H3. The van der Waals surface area contributed by atoms with E-state index in [1.165, 1.54) is 25.5 Å². The summed E-state index contributed by atoms with van der Waals surface area (Å²) in [5, 5.41) is 0. The molecule has 0 aromatic heterocycles. The monoisotopic (exact) mass is 254 g/mol. The Morgan fingerprint density at radius 3 is 2.71 bits per heavy atom. The predicted molar refractivity (Wildman–Crippen MR) is 57.5 cm³/mol. The average Bonchev–Trinajstić information content (AvgIpc) is 3.00. The van der Waals surface area contributed by atoms with Gasteiger partial charge in [-0.25, -0.2) is 4.79 Å². The van der Waals surface area contributed by atoms with Crippen LogP contribution in [0, 0.1) is 0 Å². The summed E-state index contributed by atoms with van der Waals surface area (Å²) in [6.45, 7) is 0. The number of hydrogen-bond acceptors (Lipinski definition) is 2. The van der Waals surface area contributed by atoms with E-state index in [9.17, 15) is 4.79 Å². The summed E-state index contributed by atoms with van der Waals surface area (Å²) < 4.78 is 5.66. The lowest BCUT2D eigenvalue weighted by atomic mass is 10.1. The highest BCUT2D eigenvalue weighted by atomic mass is 79.9. The fourth-order valence-corrected chi connectivity index (χ4v) is 2.20. The largest absolute Gasteiger partial charge is 0.465 e. The number of esters is 1. The SMILES string of the molecule is COC(=O)c1ccc(C2CC2)c(Br)c1. The lowest BCUT2D eigenvalue weighted by Gasteiger charge is -2.04. The lowest BCUT2D eigenvalue weighted by molar-refractivity contribution is 0.0600. The molecular weight excluding hydrogens is 244 g/mol. The molecule has 0 radical (unpaired) electrons. The molecule has 0 N–H and O–H groups in total. The van der Waals surface area contributed by atoms with Crippen molar-refractivity contribution in [2.75, 3.05) is 7.11 Å². The van der Waals surface area contributed by atoms with Crippen LogP contribution in [0.4, 0.5) is 0 Å². The molecule has 1 aliphatic carbocycles. The molecule has 1 saturated carbocycles. The van der Waals surface area contributed by atoms with E-state index in [1.54, 1.807) is 0 Å². The van der Waals surface area contributed by atoms with Crippen LogP contribution in [-0.2, 0) is 4.74 Å². The van der Waals surface area contributed by atoms with Gasteiger partial charge in [0.05, 0.1) is 12.7 Å². The van der Waals surface area contributed by atoms with E-state index in [0.717, 1.165) is 4.47 Å². The van der Waals surface area contributed by atoms with Crippen LogP contribution in [-0.4, -0.2) is 13.1 Å². The lowest BCUT2D eigenvalue weighted by Crippen LogP contribution is -2.01. The van der Waals surface area contributed by atoms with Crippen molar-refractivity contribution in [2.24, 2.45) is 0 Å². The minimum atomic E-state index is -0.284. The first-order valence-corrected chi connectivity index (χ1v) is 5.39. The predicted octanol–water partition coefficient (Wildman–Crippen LogP) is 3.11. The molecule has 2 nitrogen and oxygen atoms in total. The minimum Gasteiger partial charge on any atom is -0.465 e. The molecule has 1 aliphatic rings. The van der Waals surface area contributed by atoms with Crippen molar-refractivity contribution in [1.29, 1.82) is 0 Å². The maximum atomic E-state index is 11.2. The van der Waals surface area contributed by atoms with Crippen LogP contribution >= 0.6 is 15.9 Å². The van der Waals surface area contributed by atoms with Crippen LogP contribution in [0.2, 0.25) is 0 Å². The van der Waals surface area contributed by atoms with Gasteiger partial charge < -0.3 is 4.74 Å². The second-order valence-electron chi connectivity index (χ2n) is 3.50. The molecule has 0 aliphatic heterocycles. The third kappa shape index (κ3) is 1.82. The molecular formula is C11H11BrO2. The fourth-order valence-electron chi connectivity index (χ4n) is 1.50. The zero-order valence-electron chi connectivity index (χ0n) is 7.92. The third-order valence-corrected chi connectivity index (χ3v) is 3.13. The van der Waals surface area contributed by atoms with Crippen molar-refractivity contribution in [1.82, 2.24) is 0 Å². The number of hydrogen-bond donors (Lipinski definition) is 0. The van der Waals surface area contributed by atoms with Gasteiger partial charge in [0.2, 0.25) is 0 Å². The van der Waals surface area contributed by atoms with Crippen molar-refractivity contribution in [3.8, 4) is 0 Å². The van der Waals surface area contributed by atoms with E-state index in [0.29, 0.717) is 11.5 Å². The fraction of sp³-hybridized carbons (Fsp3) is 0.364. The summed E-state index contributed by atoms with van der Waals surface area (Å²) >= 11 is 3.48. The quantitative estimate of drug-likeness (QED) is 0.759. The molecule has 1 aromatic rings. The molecule has 1 fully saturated rings. The van der Waals surface area contributed by atoms with E-state index in [2.05, 4.69) is 20.7 Å². The summed E-state index contributed by atoms with van der Waals surface area (Å²) in [7, 11) is 1.39. The van der Waals surface area contributed by atoms with Gasteiger partial charge in [-0.3, -0.25) is 0 Å². The van der Waals surface area contributed by atoms with Crippen molar-refractivity contribution in [3.05, 3.63) is 33.8 Å². The van der Waals surface area contributed by atoms with Crippen LogP contribution in [0.25, 0.3) is 0 Å². The first kappa shape index (κ1) is 9.71. The summed E-state index contributed by atoms with van der Waals surface area (Å²) in [5.41, 5.74) is 1.90. The Hall–Kier alpha value is -0.830. The molecule has 0 saturated heterocycles. The topological polar surface area (TPSA) is 26.3 Å². The molecule has 3 heteroatoms. The number of methoxy groups -OCH3 is 1. The molecule has 0 bridgehead atoms. The highest BCUT2D eigenvalue weighted by Crippen LogP contribution is 2.43. The molecule has 0 amide bonds. The second-order valence-corrected chi connectivity index (χ2v) is 4.36. The molecule has 74 valence electrons. The van der Waals surface area contributed by atoms with Crippen molar-refractivity contribution < 1.29 is 9.53 Å². The first-order chi connectivity index (χ1) is 6.72. The van der Waals surface area contributed by atoms with Gasteiger partial charge in [-0.1, -0.05) is 22.0 Å². The molecule has 14 heavy (non-hydrogen) atoms. The van der Waals surface area contributed by atoms with Crippen molar-refractivity contribution >= 4 is 21.9 Å². The zero-order chi connectivity index (χ0) is 10.1. The highest BCUT2D eigenvalue weighted by molar-refractivity contribution is 9.10. The highest BCUT2D eigenvalue weighted by Gasteiger charge is 2.25. The zero-order valence-corrected chi connectivity index (χ0v) is 9.50. The number of carbonyl (C=O) groups is 1. The van der Waals surface area contributed by atoms with E-state index < -0.39 is 0 Å². The van der Waals surface area contributed by atoms with Crippen molar-refractivity contribution in [2.45, 2.75) is 18.8 Å². The van der Waals surface area contributed by atoms with Crippen LogP contribution in [0.15, 0.2) is 22.7 Å². The number of rotatable bonds is 2. The van der Waals surface area contributed by atoms with E-state index in [-0.39, 0.29) is 5.97 Å². The summed E-state index contributed by atoms with van der Waals surface area (Å²) in [6.07, 6.45) is 2.52. The van der Waals surface area contributed by atoms with Gasteiger partial charge in [-0.15, -0.1) is 0 Å². The number of carbonyl (C=O) groups excluding carboxylic acids is 1. The van der Waals surface area contributed by atoms with E-state index in [4.69, 9.17) is 0 Å². The van der Waals surface area contributed by atoms with Gasteiger partial charge in [-0.05, 0) is 36.5 Å². The van der Waals surface area contributed by atoms with Gasteiger partial charge in [0, 0.05) is 4.47 Å². The number of halogens is 1. The molecule has 0 spiro atoms. The first-order valence-electron chi connectivity index (χ1n) is 4.60. The van der Waals surface area contributed by atoms with Gasteiger partial charge in [0.25, 0.3) is 0 Å². The van der Waals surface area contributed by atoms with Crippen LogP contribution in [0.3, 0.4) is 0 Å². The van der Waals surface area contributed by atoms with Crippen LogP contribution in [0.5, 0.6) is 0 Å². The Balaban J connectivity index is 2.30. The Kier molecular flexibility index (Phi) is 2.59. The third-order valence-electron chi connectivity index (χ3n) is 2.44. The Morgan fingerprint density at radius 2 is 2.21 bits per heavy atom. The molecule has 0 unspecified atom stereocenters. The smallest absolute Gasteiger partial charge is 0.337 e. The minimum absolute atomic E-state index is 0.284. The van der Waals surface area contributed by atoms with E-state index in [1.807, 2.05) is 18.2 Å². The van der Waals surface area contributed by atoms with Crippen LogP contribution < -0.4 is 0 Å². The number of ether oxygens (including phenoxy) is 1. The van der Waals surface area contributed by atoms with Crippen molar-refractivity contribution in [3.63, 3.8) is 0 Å². The summed E-state index contributed by atoms with van der Waals surface area (Å²) in [4.78, 5) is 11.2. The van der Waals surface area contributed by atoms with E-state index >= 15 is 0 Å². The summed E-state index contributed by atoms with van der Waals surface area (Å²) in [6, 6.07) is 5.66. The Labute approximate surface area is 91.4 Å². The molecule has 1 aromatic carbocycles. The Bertz CT molecular complexity index is 370. The van der Waals surface area contributed by atoms with Gasteiger partial charge in [-0.2, -0.15) is 0 Å². The normalized spacial score (nSPS) is 15.3. The Morgan fingerprint density at radius 1 is 1.50 bits per heavy atom. The molecule has 0 heterocycles. The van der Waals surface area contributed by atoms with Gasteiger partial charge in [0.15, 0.2) is 0 Å². The van der Waals surface area contributed by atoms with Gasteiger partial charge >= 0.3 is 5.97 Å². The maximum absolute atomic E-state index is 11.2. The second kappa shape index (κ2) is 3.73. The summed E-state index contributed by atoms with van der Waals surface area (Å²) in [5.74, 6) is 0.407. The van der Waals surface area contributed by atoms with Crippen LogP contribution in [0.1, 0.15) is 34.7 Å².